The minimum Gasteiger partial charge on any atom is -0.282 e. The maximum atomic E-state index is 11.0. The summed E-state index contributed by atoms with van der Waals surface area (Å²) in [5, 5.41) is 0. The molecule has 6 nitrogen and oxygen atoms in total. The maximum absolute atomic E-state index is 11.0. The van der Waals surface area contributed by atoms with Crippen molar-refractivity contribution in [3.05, 3.63) is 23.3 Å². The Bertz CT molecular complexity index is 573. The average Bonchev–Trinajstić information content (AvgIpc) is 2.04. The quantitative estimate of drug-likeness (QED) is 0.766. The zero-order chi connectivity index (χ0) is 12.7. The van der Waals surface area contributed by atoms with E-state index in [2.05, 4.69) is 0 Å². The van der Waals surface area contributed by atoms with Crippen LogP contribution in [0.25, 0.3) is 0 Å². The molecular formula is C8H10O6S2. The van der Waals surface area contributed by atoms with Gasteiger partial charge >= 0.3 is 0 Å². The molecule has 0 aliphatic rings. The van der Waals surface area contributed by atoms with E-state index in [4.69, 9.17) is 9.11 Å². The summed E-state index contributed by atoms with van der Waals surface area (Å²) in [6.45, 7) is 2.63. The summed E-state index contributed by atoms with van der Waals surface area (Å²) in [6.07, 6.45) is 0. The van der Waals surface area contributed by atoms with E-state index in [0.29, 0.717) is 5.56 Å². The molecule has 0 radical (unpaired) electrons. The number of hydrogen-bond acceptors (Lipinski definition) is 4. The van der Waals surface area contributed by atoms with Crippen LogP contribution in [0.5, 0.6) is 0 Å². The predicted octanol–water partition coefficient (Wildman–Crippen LogP) is 0.797. The molecule has 1 rings (SSSR count). The molecule has 0 aliphatic heterocycles. The Hall–Kier alpha value is -0.960. The van der Waals surface area contributed by atoms with E-state index in [1.165, 1.54) is 13.8 Å². The second-order valence-corrected chi connectivity index (χ2v) is 6.12. The lowest BCUT2D eigenvalue weighted by Gasteiger charge is -2.08. The highest BCUT2D eigenvalue weighted by Gasteiger charge is 2.22. The van der Waals surface area contributed by atoms with Gasteiger partial charge in [0.25, 0.3) is 20.2 Å². The van der Waals surface area contributed by atoms with E-state index in [1.54, 1.807) is 0 Å². The zero-order valence-corrected chi connectivity index (χ0v) is 10.1. The van der Waals surface area contributed by atoms with Crippen molar-refractivity contribution >= 4 is 20.2 Å². The van der Waals surface area contributed by atoms with Gasteiger partial charge in [0.15, 0.2) is 0 Å². The molecule has 0 aromatic heterocycles. The van der Waals surface area contributed by atoms with E-state index in [-0.39, 0.29) is 5.56 Å². The van der Waals surface area contributed by atoms with Gasteiger partial charge in [0.1, 0.15) is 0 Å². The SMILES string of the molecule is Cc1cc(S(=O)(=O)O)c(C)c(S(=O)(=O)O)c1. The highest BCUT2D eigenvalue weighted by molar-refractivity contribution is 7.86. The molecular weight excluding hydrogens is 256 g/mol. The fraction of sp³-hybridized carbons (Fsp3) is 0.250. The lowest BCUT2D eigenvalue weighted by Crippen LogP contribution is -2.08. The largest absolute Gasteiger partial charge is 0.294 e. The Morgan fingerprint density at radius 3 is 1.44 bits per heavy atom. The molecule has 0 saturated carbocycles. The number of benzene rings is 1. The molecule has 0 heterocycles. The first-order chi connectivity index (χ1) is 7.03. The van der Waals surface area contributed by atoms with E-state index in [1.807, 2.05) is 0 Å². The molecule has 0 unspecified atom stereocenters. The first-order valence-electron chi connectivity index (χ1n) is 4.09. The molecule has 0 fully saturated rings. The van der Waals surface area contributed by atoms with Crippen molar-refractivity contribution in [2.75, 3.05) is 0 Å². The normalized spacial score (nSPS) is 12.8. The fourth-order valence-electron chi connectivity index (χ4n) is 1.33. The summed E-state index contributed by atoms with van der Waals surface area (Å²) in [4.78, 5) is -1.06. The molecule has 0 saturated heterocycles. The maximum Gasteiger partial charge on any atom is 0.294 e. The summed E-state index contributed by atoms with van der Waals surface area (Å²) < 4.78 is 61.6. The minimum atomic E-state index is -4.51. The summed E-state index contributed by atoms with van der Waals surface area (Å²) in [5.41, 5.74) is 0.0847. The van der Waals surface area contributed by atoms with Gasteiger partial charge in [-0.3, -0.25) is 9.11 Å². The van der Waals surface area contributed by atoms with E-state index in [9.17, 15) is 16.8 Å². The van der Waals surface area contributed by atoms with Gasteiger partial charge in [-0.1, -0.05) is 0 Å². The molecule has 8 heteroatoms. The highest BCUT2D eigenvalue weighted by atomic mass is 32.2. The molecule has 0 atom stereocenters. The van der Waals surface area contributed by atoms with Crippen molar-refractivity contribution < 1.29 is 25.9 Å². The van der Waals surface area contributed by atoms with Crippen molar-refractivity contribution in [1.82, 2.24) is 0 Å². The van der Waals surface area contributed by atoms with Crippen LogP contribution in [0.3, 0.4) is 0 Å². The van der Waals surface area contributed by atoms with Crippen molar-refractivity contribution in [1.29, 1.82) is 0 Å². The van der Waals surface area contributed by atoms with Gasteiger partial charge in [-0.15, -0.1) is 0 Å². The van der Waals surface area contributed by atoms with E-state index >= 15 is 0 Å². The Morgan fingerprint density at radius 1 is 0.875 bits per heavy atom. The van der Waals surface area contributed by atoms with Gasteiger partial charge in [0.2, 0.25) is 0 Å². The molecule has 90 valence electrons. The van der Waals surface area contributed by atoms with E-state index < -0.39 is 30.0 Å². The van der Waals surface area contributed by atoms with Gasteiger partial charge in [-0.05, 0) is 37.1 Å². The van der Waals surface area contributed by atoms with Crippen molar-refractivity contribution in [3.63, 3.8) is 0 Å². The molecule has 0 amide bonds. The number of rotatable bonds is 2. The van der Waals surface area contributed by atoms with Crippen molar-refractivity contribution in [2.45, 2.75) is 23.6 Å². The third-order valence-electron chi connectivity index (χ3n) is 2.01. The molecule has 1 aromatic rings. The van der Waals surface area contributed by atoms with Crippen LogP contribution in [-0.4, -0.2) is 25.9 Å². The summed E-state index contributed by atoms with van der Waals surface area (Å²) in [6, 6.07) is 2.25. The molecule has 0 bridgehead atoms. The van der Waals surface area contributed by atoms with Crippen LogP contribution in [0.1, 0.15) is 11.1 Å². The standard InChI is InChI=1S/C8H10O6S2/c1-5-3-7(15(9,10)11)6(2)8(4-5)16(12,13)14/h3-4H,1-2H3,(H,9,10,11)(H,12,13,14). The first-order valence-corrected chi connectivity index (χ1v) is 6.97. The second-order valence-electron chi connectivity index (χ2n) is 3.34. The molecule has 0 spiro atoms. The Kier molecular flexibility index (Phi) is 3.12. The van der Waals surface area contributed by atoms with Gasteiger partial charge in [0, 0.05) is 0 Å². The topological polar surface area (TPSA) is 109 Å². The monoisotopic (exact) mass is 266 g/mol. The Labute approximate surface area is 93.4 Å². The van der Waals surface area contributed by atoms with Crippen LogP contribution >= 0.6 is 0 Å². The highest BCUT2D eigenvalue weighted by Crippen LogP contribution is 2.24. The van der Waals surface area contributed by atoms with Crippen molar-refractivity contribution in [3.8, 4) is 0 Å². The Balaban J connectivity index is 3.78. The summed E-state index contributed by atoms with van der Waals surface area (Å²) in [5.74, 6) is 0. The summed E-state index contributed by atoms with van der Waals surface area (Å²) >= 11 is 0. The van der Waals surface area contributed by atoms with Crippen LogP contribution in [0.2, 0.25) is 0 Å². The van der Waals surface area contributed by atoms with Crippen LogP contribution in [0.4, 0.5) is 0 Å². The van der Waals surface area contributed by atoms with Crippen LogP contribution in [0.15, 0.2) is 21.9 Å². The minimum absolute atomic E-state index is 0.212. The van der Waals surface area contributed by atoms with Crippen LogP contribution in [0, 0.1) is 13.8 Å². The molecule has 2 N–H and O–H groups in total. The molecule has 16 heavy (non-hydrogen) atoms. The second kappa shape index (κ2) is 3.81. The van der Waals surface area contributed by atoms with Gasteiger partial charge in [0.05, 0.1) is 9.79 Å². The third kappa shape index (κ3) is 2.59. The zero-order valence-electron chi connectivity index (χ0n) is 8.50. The number of aryl methyl sites for hydroxylation is 1. The molecule has 0 aliphatic carbocycles. The van der Waals surface area contributed by atoms with Crippen LogP contribution < -0.4 is 0 Å². The average molecular weight is 266 g/mol. The fourth-order valence-corrected chi connectivity index (χ4v) is 3.06. The third-order valence-corrected chi connectivity index (χ3v) is 3.97. The smallest absolute Gasteiger partial charge is 0.282 e. The lowest BCUT2D eigenvalue weighted by atomic mass is 10.2. The Morgan fingerprint density at radius 2 is 1.19 bits per heavy atom. The van der Waals surface area contributed by atoms with Crippen LogP contribution in [-0.2, 0) is 20.2 Å². The molecule has 1 aromatic carbocycles. The first kappa shape index (κ1) is 13.1. The van der Waals surface area contributed by atoms with Gasteiger partial charge in [-0.2, -0.15) is 16.8 Å². The van der Waals surface area contributed by atoms with Gasteiger partial charge < -0.3 is 0 Å². The van der Waals surface area contributed by atoms with Gasteiger partial charge in [-0.25, -0.2) is 0 Å². The summed E-state index contributed by atoms with van der Waals surface area (Å²) in [7, 11) is -9.03. The number of hydrogen-bond donors (Lipinski definition) is 2. The van der Waals surface area contributed by atoms with Crippen molar-refractivity contribution in [2.24, 2.45) is 0 Å². The van der Waals surface area contributed by atoms with E-state index in [0.717, 1.165) is 12.1 Å². The lowest BCUT2D eigenvalue weighted by molar-refractivity contribution is 0.479. The predicted molar refractivity (Wildman–Crippen MR) is 55.5 cm³/mol.